The van der Waals surface area contributed by atoms with E-state index in [1.54, 1.807) is 0 Å². The zero-order valence-corrected chi connectivity index (χ0v) is 18.1. The molecule has 4 rings (SSSR count). The van der Waals surface area contributed by atoms with E-state index >= 15 is 0 Å². The van der Waals surface area contributed by atoms with E-state index in [1.807, 2.05) is 0 Å². The van der Waals surface area contributed by atoms with Gasteiger partial charge in [-0.1, -0.05) is 61.7 Å². The number of hydrogen-bond acceptors (Lipinski definition) is 0. The maximum Gasteiger partial charge on any atom is 2.00 e. The van der Waals surface area contributed by atoms with Crippen LogP contribution in [-0.2, 0) is 26.2 Å². The van der Waals surface area contributed by atoms with E-state index in [4.69, 9.17) is 0 Å². The van der Waals surface area contributed by atoms with Crippen molar-refractivity contribution in [1.82, 2.24) is 0 Å². The molecule has 0 aliphatic heterocycles. The molecule has 0 amide bonds. The Kier molecular flexibility index (Phi) is 7.95. The Labute approximate surface area is 170 Å². The minimum absolute atomic E-state index is 0. The summed E-state index contributed by atoms with van der Waals surface area (Å²) in [5.41, 5.74) is 2.64. The summed E-state index contributed by atoms with van der Waals surface area (Å²) in [5, 5.41) is 0. The maximum absolute atomic E-state index is 3.41. The van der Waals surface area contributed by atoms with Crippen LogP contribution >= 0.6 is 0 Å². The summed E-state index contributed by atoms with van der Waals surface area (Å²) in [5.74, 6) is 4.89. The van der Waals surface area contributed by atoms with Gasteiger partial charge in [0.05, 0.1) is 8.07 Å². The fraction of sp³-hybridized carbons (Fsp3) is 0.0909. The standard InChI is InChI=1S/C20H14Si.2CH3.Zr/c1-21(2,19-13-11-15-7-3-5-9-17(15)19)20-14-12-16-8-4-6-10-18(16)20;;;/h3-10H,1-2H3;2*1H3;/q;2*-1;+2. The molecule has 0 nitrogen and oxygen atoms in total. The van der Waals surface area contributed by atoms with E-state index in [0.29, 0.717) is 0 Å². The average Bonchev–Trinajstić information content (AvgIpc) is 3.12. The van der Waals surface area contributed by atoms with Crippen molar-refractivity contribution in [1.29, 1.82) is 0 Å². The Morgan fingerprint density at radius 1 is 0.625 bits per heavy atom. The number of allylic oxidation sites excluding steroid dienone is 8. The van der Waals surface area contributed by atoms with Crippen molar-refractivity contribution in [3.05, 3.63) is 124 Å². The van der Waals surface area contributed by atoms with E-state index in [9.17, 15) is 0 Å². The van der Waals surface area contributed by atoms with E-state index in [2.05, 4.69) is 87.4 Å². The summed E-state index contributed by atoms with van der Waals surface area (Å²) in [6.45, 7) is 4.73. The monoisotopic (exact) mass is 402 g/mol. The molecule has 0 unspecified atom stereocenters. The Morgan fingerprint density at radius 3 is 1.42 bits per heavy atom. The molecule has 2 heteroatoms. The van der Waals surface area contributed by atoms with Crippen LogP contribution in [0.1, 0.15) is 0 Å². The van der Waals surface area contributed by atoms with E-state index in [1.165, 1.54) is 22.9 Å². The van der Waals surface area contributed by atoms with Gasteiger partial charge >= 0.3 is 26.2 Å². The van der Waals surface area contributed by atoms with Crippen LogP contribution in [0.4, 0.5) is 0 Å². The van der Waals surface area contributed by atoms with Gasteiger partial charge in [0.15, 0.2) is 0 Å². The Hall–Kier alpha value is 0.0600. The van der Waals surface area contributed by atoms with Crippen LogP contribution in [0.25, 0.3) is 0 Å². The van der Waals surface area contributed by atoms with Crippen LogP contribution in [0.3, 0.4) is 0 Å². The van der Waals surface area contributed by atoms with Crippen molar-refractivity contribution in [3.63, 3.8) is 0 Å². The number of hydrogen-bond donors (Lipinski definition) is 0. The van der Waals surface area contributed by atoms with Crippen molar-refractivity contribution in [2.75, 3.05) is 0 Å². The molecule has 116 valence electrons. The molecule has 0 aromatic carbocycles. The van der Waals surface area contributed by atoms with Crippen molar-refractivity contribution < 1.29 is 26.2 Å². The van der Waals surface area contributed by atoms with Crippen LogP contribution < -0.4 is 0 Å². The van der Waals surface area contributed by atoms with E-state index in [0.717, 1.165) is 11.8 Å². The minimum atomic E-state index is -1.85. The van der Waals surface area contributed by atoms with Gasteiger partial charge in [-0.25, -0.2) is 0 Å². The quantitative estimate of drug-likeness (QED) is 0.462. The fourth-order valence-electron chi connectivity index (χ4n) is 3.13. The second-order valence-corrected chi connectivity index (χ2v) is 10.2. The van der Waals surface area contributed by atoms with Gasteiger partial charge in [0, 0.05) is 36.5 Å². The summed E-state index contributed by atoms with van der Waals surface area (Å²) in [6.07, 6.45) is 30.3. The first-order valence-corrected chi connectivity index (χ1v) is 10.2. The predicted octanol–water partition coefficient (Wildman–Crippen LogP) is 4.72. The first-order chi connectivity index (χ1) is 10.2. The molecular weight excluding hydrogens is 384 g/mol. The summed E-state index contributed by atoms with van der Waals surface area (Å²) in [4.78, 5) is 0. The van der Waals surface area contributed by atoms with Gasteiger partial charge in [-0.3, -0.25) is 0 Å². The maximum atomic E-state index is 3.41. The SMILES string of the molecule is C[Si](C)([C]1[C][C][C]2C=CC=C[C]21)[C]1[C][C][C]2C=CC=C[C]21.[CH3-].[CH3-].[Zr+2]. The van der Waals surface area contributed by atoms with Crippen LogP contribution in [0.5, 0.6) is 0 Å². The van der Waals surface area contributed by atoms with Crippen molar-refractivity contribution in [3.8, 4) is 0 Å². The molecule has 0 aromatic rings. The van der Waals surface area contributed by atoms with Gasteiger partial charge in [-0.2, -0.15) is 0 Å². The minimum Gasteiger partial charge on any atom is -0.358 e. The molecule has 4 aliphatic rings. The number of fused-ring (bicyclic) bond motifs is 2. The molecule has 0 spiro atoms. The van der Waals surface area contributed by atoms with Gasteiger partial charge in [-0.05, 0) is 23.9 Å². The van der Waals surface area contributed by atoms with Gasteiger partial charge in [0.2, 0.25) is 0 Å². The molecule has 0 saturated heterocycles. The van der Waals surface area contributed by atoms with Crippen molar-refractivity contribution in [2.24, 2.45) is 0 Å². The zero-order valence-electron chi connectivity index (χ0n) is 14.6. The van der Waals surface area contributed by atoms with Gasteiger partial charge < -0.3 is 14.9 Å². The van der Waals surface area contributed by atoms with Crippen LogP contribution in [0, 0.1) is 75.3 Å². The van der Waals surface area contributed by atoms with Crippen LogP contribution in [0.2, 0.25) is 13.1 Å². The molecular formula is C22H20SiZr. The van der Waals surface area contributed by atoms with Gasteiger partial charge in [0.1, 0.15) is 0 Å². The summed E-state index contributed by atoms with van der Waals surface area (Å²) in [7, 11) is -1.85. The molecule has 0 atom stereocenters. The molecule has 14 radical (unpaired) electrons. The molecule has 0 aromatic heterocycles. The molecule has 0 bridgehead atoms. The molecule has 0 N–H and O–H groups in total. The molecule has 2 fully saturated rings. The third kappa shape index (κ3) is 3.61. The summed E-state index contributed by atoms with van der Waals surface area (Å²) in [6, 6.07) is 0. The van der Waals surface area contributed by atoms with Crippen LogP contribution in [0.15, 0.2) is 48.6 Å². The fourth-order valence-corrected chi connectivity index (χ4v) is 5.91. The Morgan fingerprint density at radius 2 is 1.00 bits per heavy atom. The van der Waals surface area contributed by atoms with Gasteiger partial charge in [0.25, 0.3) is 0 Å². The largest absolute Gasteiger partial charge is 2.00 e. The van der Waals surface area contributed by atoms with Crippen molar-refractivity contribution in [2.45, 2.75) is 13.1 Å². The normalized spacial score (nSPS) is 25.1. The van der Waals surface area contributed by atoms with E-state index < -0.39 is 8.07 Å². The van der Waals surface area contributed by atoms with Gasteiger partial charge in [-0.15, -0.1) is 0 Å². The second-order valence-electron chi connectivity index (χ2n) is 5.97. The zero-order chi connectivity index (χ0) is 14.4. The molecule has 4 aliphatic carbocycles. The topological polar surface area (TPSA) is 0 Å². The second kappa shape index (κ2) is 8.63. The van der Waals surface area contributed by atoms with Crippen molar-refractivity contribution >= 4 is 8.07 Å². The Balaban J connectivity index is 0.000000960. The summed E-state index contributed by atoms with van der Waals surface area (Å²) < 4.78 is 0. The molecule has 24 heavy (non-hydrogen) atoms. The van der Waals surface area contributed by atoms with Crippen LogP contribution in [-0.4, -0.2) is 8.07 Å². The van der Waals surface area contributed by atoms with E-state index in [-0.39, 0.29) is 41.1 Å². The number of rotatable bonds is 2. The predicted molar refractivity (Wildman–Crippen MR) is 99.3 cm³/mol. The molecule has 0 heterocycles. The first-order valence-electron chi connectivity index (χ1n) is 7.15. The third-order valence-corrected chi connectivity index (χ3v) is 7.58. The smallest absolute Gasteiger partial charge is 0.358 e. The Bertz CT molecular complexity index is 482. The average molecular weight is 404 g/mol. The molecule has 2 saturated carbocycles. The first kappa shape index (κ1) is 22.1. The summed E-state index contributed by atoms with van der Waals surface area (Å²) >= 11 is 0. The third-order valence-electron chi connectivity index (χ3n) is 4.29.